The Morgan fingerprint density at radius 1 is 0.913 bits per heavy atom. The molecule has 1 aromatic carbocycles. The van der Waals surface area contributed by atoms with Gasteiger partial charge in [0.25, 0.3) is 0 Å². The fraction of sp³-hybridized carbons (Fsp3) is 0.478. The van der Waals surface area contributed by atoms with E-state index in [4.69, 9.17) is 0 Å². The van der Waals surface area contributed by atoms with E-state index in [2.05, 4.69) is 51.1 Å². The Labute approximate surface area is 142 Å². The maximum atomic E-state index is 2.30. The van der Waals surface area contributed by atoms with E-state index in [1.165, 1.54) is 62.5 Å². The van der Waals surface area contributed by atoms with E-state index in [9.17, 15) is 0 Å². The summed E-state index contributed by atoms with van der Waals surface area (Å²) in [7, 11) is 0. The molecule has 0 heterocycles. The van der Waals surface area contributed by atoms with Crippen LogP contribution in [0.4, 0.5) is 0 Å². The number of hydrogen-bond donors (Lipinski definition) is 0. The molecule has 0 radical (unpaired) electrons. The smallest absolute Gasteiger partial charge is 0.00677 e. The van der Waals surface area contributed by atoms with Crippen LogP contribution in [0.15, 0.2) is 58.2 Å². The summed E-state index contributed by atoms with van der Waals surface area (Å²) in [5.74, 6) is 0. The minimum atomic E-state index is 1.25. The zero-order valence-electron chi connectivity index (χ0n) is 15.0. The van der Waals surface area contributed by atoms with Gasteiger partial charge in [0, 0.05) is 0 Å². The fourth-order valence-electron chi connectivity index (χ4n) is 4.13. The Balaban J connectivity index is 2.12. The highest BCUT2D eigenvalue weighted by Crippen LogP contribution is 2.52. The number of unbranched alkanes of at least 4 members (excludes halogenated alkanes) is 1. The summed E-state index contributed by atoms with van der Waals surface area (Å²) in [6, 6.07) is 11.0. The Morgan fingerprint density at radius 2 is 1.61 bits per heavy atom. The van der Waals surface area contributed by atoms with Crippen molar-refractivity contribution in [3.05, 3.63) is 63.8 Å². The van der Waals surface area contributed by atoms with Crippen LogP contribution in [0.5, 0.6) is 0 Å². The highest BCUT2D eigenvalue weighted by atomic mass is 14.4. The molecule has 0 amide bonds. The average Bonchev–Trinajstić information content (AvgIpc) is 2.56. The summed E-state index contributed by atoms with van der Waals surface area (Å²) in [5, 5.41) is 0. The molecule has 23 heavy (non-hydrogen) atoms. The number of rotatable bonds is 4. The van der Waals surface area contributed by atoms with Gasteiger partial charge in [0.05, 0.1) is 0 Å². The first kappa shape index (κ1) is 16.3. The van der Waals surface area contributed by atoms with E-state index >= 15 is 0 Å². The highest BCUT2D eigenvalue weighted by molar-refractivity contribution is 5.99. The SMILES string of the molecule is CCCCC1=C(c2ccccc2)C(=C(C)C)C1=C1CCCCC1. The fourth-order valence-corrected chi connectivity index (χ4v) is 4.13. The molecule has 0 spiro atoms. The van der Waals surface area contributed by atoms with Crippen molar-refractivity contribution in [3.63, 3.8) is 0 Å². The first-order chi connectivity index (χ1) is 11.2. The van der Waals surface area contributed by atoms with Crippen LogP contribution in [0, 0.1) is 0 Å². The second-order valence-electron chi connectivity index (χ2n) is 7.24. The number of benzene rings is 1. The third-order valence-corrected chi connectivity index (χ3v) is 5.26. The van der Waals surface area contributed by atoms with Crippen molar-refractivity contribution in [3.8, 4) is 0 Å². The summed E-state index contributed by atoms with van der Waals surface area (Å²) in [6.07, 6.45) is 10.7. The molecule has 122 valence electrons. The predicted molar refractivity (Wildman–Crippen MR) is 101 cm³/mol. The summed E-state index contributed by atoms with van der Waals surface area (Å²) >= 11 is 0. The van der Waals surface area contributed by atoms with Crippen LogP contribution in [0.1, 0.15) is 77.7 Å². The lowest BCUT2D eigenvalue weighted by atomic mass is 9.67. The van der Waals surface area contributed by atoms with Crippen LogP contribution in [-0.2, 0) is 0 Å². The molecule has 0 unspecified atom stereocenters. The molecule has 1 saturated carbocycles. The topological polar surface area (TPSA) is 0 Å². The van der Waals surface area contributed by atoms with E-state index in [0.717, 1.165) is 0 Å². The van der Waals surface area contributed by atoms with Gasteiger partial charge in [-0.1, -0.05) is 61.2 Å². The van der Waals surface area contributed by atoms with Crippen molar-refractivity contribution in [2.24, 2.45) is 0 Å². The third-order valence-electron chi connectivity index (χ3n) is 5.26. The number of hydrogen-bond acceptors (Lipinski definition) is 0. The molecule has 0 nitrogen and oxygen atoms in total. The largest absolute Gasteiger partial charge is 0.0679 e. The van der Waals surface area contributed by atoms with E-state index in [0.29, 0.717) is 0 Å². The van der Waals surface area contributed by atoms with Crippen LogP contribution in [0.2, 0.25) is 0 Å². The Morgan fingerprint density at radius 3 is 2.22 bits per heavy atom. The van der Waals surface area contributed by atoms with Crippen molar-refractivity contribution >= 4 is 5.57 Å². The first-order valence-electron chi connectivity index (χ1n) is 9.43. The van der Waals surface area contributed by atoms with E-state index < -0.39 is 0 Å². The first-order valence-corrected chi connectivity index (χ1v) is 9.43. The van der Waals surface area contributed by atoms with Crippen molar-refractivity contribution in [1.29, 1.82) is 0 Å². The van der Waals surface area contributed by atoms with Gasteiger partial charge in [-0.15, -0.1) is 0 Å². The third kappa shape index (κ3) is 3.22. The van der Waals surface area contributed by atoms with Gasteiger partial charge >= 0.3 is 0 Å². The molecular weight excluding hydrogens is 276 g/mol. The zero-order chi connectivity index (χ0) is 16.2. The molecule has 0 N–H and O–H groups in total. The van der Waals surface area contributed by atoms with Gasteiger partial charge in [-0.3, -0.25) is 0 Å². The maximum absolute atomic E-state index is 2.30. The van der Waals surface area contributed by atoms with Gasteiger partial charge in [0.15, 0.2) is 0 Å². The van der Waals surface area contributed by atoms with E-state index in [-0.39, 0.29) is 0 Å². The zero-order valence-corrected chi connectivity index (χ0v) is 15.0. The molecule has 0 heteroatoms. The van der Waals surface area contributed by atoms with E-state index in [1.807, 2.05) is 0 Å². The van der Waals surface area contributed by atoms with Crippen LogP contribution in [-0.4, -0.2) is 0 Å². The van der Waals surface area contributed by atoms with Gasteiger partial charge < -0.3 is 0 Å². The maximum Gasteiger partial charge on any atom is -0.00677 e. The van der Waals surface area contributed by atoms with Crippen LogP contribution < -0.4 is 0 Å². The molecular formula is C23H30. The van der Waals surface area contributed by atoms with Gasteiger partial charge in [0.2, 0.25) is 0 Å². The van der Waals surface area contributed by atoms with Gasteiger partial charge in [-0.05, 0) is 80.2 Å². The predicted octanol–water partition coefficient (Wildman–Crippen LogP) is 7.24. The Kier molecular flexibility index (Phi) is 5.20. The lowest BCUT2D eigenvalue weighted by molar-refractivity contribution is 0.593. The molecule has 3 rings (SSSR count). The van der Waals surface area contributed by atoms with Crippen molar-refractivity contribution in [2.45, 2.75) is 72.1 Å². The average molecular weight is 306 g/mol. The van der Waals surface area contributed by atoms with Crippen molar-refractivity contribution in [1.82, 2.24) is 0 Å². The van der Waals surface area contributed by atoms with Crippen LogP contribution in [0.3, 0.4) is 0 Å². The minimum absolute atomic E-state index is 1.25. The lowest BCUT2D eigenvalue weighted by Crippen LogP contribution is -2.17. The lowest BCUT2D eigenvalue weighted by Gasteiger charge is -2.36. The standard InChI is InChI=1S/C23H30/c1-4-5-16-20-22(18-12-8-6-9-13-18)21(17(2)3)23(20)19-14-10-7-11-15-19/h6,8-9,12-13H,4-5,7,10-11,14-16H2,1-3H3. The normalized spacial score (nSPS) is 18.3. The van der Waals surface area contributed by atoms with Crippen LogP contribution in [0.25, 0.3) is 5.57 Å². The molecule has 1 fully saturated rings. The molecule has 0 aliphatic heterocycles. The van der Waals surface area contributed by atoms with Gasteiger partial charge in [-0.25, -0.2) is 0 Å². The van der Waals surface area contributed by atoms with Gasteiger partial charge in [-0.2, -0.15) is 0 Å². The summed E-state index contributed by atoms with van der Waals surface area (Å²) < 4.78 is 0. The molecule has 0 atom stereocenters. The second-order valence-corrected chi connectivity index (χ2v) is 7.24. The highest BCUT2D eigenvalue weighted by Gasteiger charge is 2.33. The molecule has 2 aliphatic rings. The van der Waals surface area contributed by atoms with Crippen LogP contribution >= 0.6 is 0 Å². The summed E-state index contributed by atoms with van der Waals surface area (Å²) in [6.45, 7) is 6.88. The molecule has 1 aromatic rings. The molecule has 0 bridgehead atoms. The monoisotopic (exact) mass is 306 g/mol. The second kappa shape index (κ2) is 7.34. The minimum Gasteiger partial charge on any atom is -0.0679 e. The Bertz CT molecular complexity index is 641. The number of allylic oxidation sites excluding steroid dienone is 6. The van der Waals surface area contributed by atoms with Gasteiger partial charge in [0.1, 0.15) is 0 Å². The van der Waals surface area contributed by atoms with E-state index in [1.54, 1.807) is 27.9 Å². The summed E-state index contributed by atoms with van der Waals surface area (Å²) in [4.78, 5) is 0. The molecule has 2 aliphatic carbocycles. The van der Waals surface area contributed by atoms with Crippen molar-refractivity contribution < 1.29 is 0 Å². The van der Waals surface area contributed by atoms with Crippen molar-refractivity contribution in [2.75, 3.05) is 0 Å². The molecule has 0 saturated heterocycles. The Hall–Kier alpha value is -1.56. The quantitative estimate of drug-likeness (QED) is 0.550. The molecule has 0 aromatic heterocycles. The summed E-state index contributed by atoms with van der Waals surface area (Å²) in [5.41, 5.74) is 11.1.